The molecule has 1 heterocycles. The highest BCUT2D eigenvalue weighted by molar-refractivity contribution is 5.94. The lowest BCUT2D eigenvalue weighted by Crippen LogP contribution is -2.26. The summed E-state index contributed by atoms with van der Waals surface area (Å²) in [6, 6.07) is 6.08. The van der Waals surface area contributed by atoms with Crippen LogP contribution in [0.5, 0.6) is 0 Å². The molecule has 0 fully saturated rings. The molecule has 0 saturated carbocycles. The van der Waals surface area contributed by atoms with Gasteiger partial charge < -0.3 is 10.1 Å². The van der Waals surface area contributed by atoms with Gasteiger partial charge in [-0.2, -0.15) is 18.3 Å². The number of hydrogen-bond acceptors (Lipinski definition) is 3. The molecule has 2 rings (SSSR count). The van der Waals surface area contributed by atoms with Gasteiger partial charge in [0.1, 0.15) is 6.61 Å². The fourth-order valence-electron chi connectivity index (χ4n) is 2.52. The number of aromatic nitrogens is 2. The number of halogens is 3. The van der Waals surface area contributed by atoms with Crippen LogP contribution >= 0.6 is 0 Å². The zero-order valence-corrected chi connectivity index (χ0v) is 14.9. The molecule has 1 N–H and O–H groups in total. The summed E-state index contributed by atoms with van der Waals surface area (Å²) in [5, 5.41) is 7.26. The van der Waals surface area contributed by atoms with E-state index in [1.807, 2.05) is 31.6 Å². The van der Waals surface area contributed by atoms with Crippen molar-refractivity contribution in [2.75, 3.05) is 6.61 Å². The van der Waals surface area contributed by atoms with Crippen LogP contribution in [0, 0.1) is 6.92 Å². The maximum absolute atomic E-state index is 12.4. The molecule has 0 aliphatic carbocycles. The summed E-state index contributed by atoms with van der Waals surface area (Å²) in [5.41, 5.74) is 2.80. The number of nitrogens with zero attached hydrogens (tertiary/aromatic N) is 2. The van der Waals surface area contributed by atoms with E-state index in [4.69, 9.17) is 0 Å². The molecule has 1 unspecified atom stereocenters. The molecule has 26 heavy (non-hydrogen) atoms. The molecule has 142 valence electrons. The number of amides is 1. The van der Waals surface area contributed by atoms with Gasteiger partial charge in [0, 0.05) is 23.9 Å². The van der Waals surface area contributed by atoms with Gasteiger partial charge in [-0.25, -0.2) is 0 Å². The van der Waals surface area contributed by atoms with Crippen LogP contribution in [0.15, 0.2) is 30.5 Å². The van der Waals surface area contributed by atoms with Crippen LogP contribution in [0.4, 0.5) is 13.2 Å². The van der Waals surface area contributed by atoms with Gasteiger partial charge in [0.2, 0.25) is 0 Å². The minimum absolute atomic E-state index is 0.160. The lowest BCUT2D eigenvalue weighted by Gasteiger charge is -2.13. The summed E-state index contributed by atoms with van der Waals surface area (Å²) in [4.78, 5) is 12.4. The number of carbonyl (C=O) groups is 1. The summed E-state index contributed by atoms with van der Waals surface area (Å²) < 4.78 is 42.6. The van der Waals surface area contributed by atoms with Gasteiger partial charge >= 0.3 is 6.18 Å². The van der Waals surface area contributed by atoms with Gasteiger partial charge in [-0.15, -0.1) is 0 Å². The molecule has 2 aromatic rings. The summed E-state index contributed by atoms with van der Waals surface area (Å²) in [7, 11) is 0. The van der Waals surface area contributed by atoms with E-state index in [2.05, 4.69) is 15.2 Å². The monoisotopic (exact) mass is 369 g/mol. The van der Waals surface area contributed by atoms with Crippen molar-refractivity contribution in [2.45, 2.75) is 46.1 Å². The lowest BCUT2D eigenvalue weighted by atomic mass is 10.1. The minimum atomic E-state index is -4.35. The van der Waals surface area contributed by atoms with Crippen LogP contribution < -0.4 is 5.32 Å². The van der Waals surface area contributed by atoms with Gasteiger partial charge in [0.05, 0.1) is 18.3 Å². The molecule has 0 radical (unpaired) electrons. The summed E-state index contributed by atoms with van der Waals surface area (Å²) >= 11 is 0. The topological polar surface area (TPSA) is 56.2 Å². The number of rotatable bonds is 7. The van der Waals surface area contributed by atoms with Gasteiger partial charge in [-0.1, -0.05) is 12.1 Å². The van der Waals surface area contributed by atoms with E-state index in [0.29, 0.717) is 11.1 Å². The first-order chi connectivity index (χ1) is 12.2. The predicted octanol–water partition coefficient (Wildman–Crippen LogP) is 3.78. The van der Waals surface area contributed by atoms with E-state index in [1.165, 1.54) is 0 Å². The molecule has 1 amide bonds. The number of benzene rings is 1. The smallest absolute Gasteiger partial charge is 0.367 e. The lowest BCUT2D eigenvalue weighted by molar-refractivity contribution is -0.176. The van der Waals surface area contributed by atoms with Crippen molar-refractivity contribution < 1.29 is 22.7 Å². The van der Waals surface area contributed by atoms with Gasteiger partial charge in [0.25, 0.3) is 5.91 Å². The van der Waals surface area contributed by atoms with Crippen molar-refractivity contribution in [3.05, 3.63) is 52.8 Å². The Kier molecular flexibility index (Phi) is 6.42. The number of alkyl halides is 3. The Bertz CT molecular complexity index is 739. The van der Waals surface area contributed by atoms with Gasteiger partial charge in [0.15, 0.2) is 0 Å². The van der Waals surface area contributed by atoms with E-state index in [0.717, 1.165) is 17.8 Å². The van der Waals surface area contributed by atoms with Crippen LogP contribution in [0.1, 0.15) is 47.1 Å². The first-order valence-corrected chi connectivity index (χ1v) is 8.28. The van der Waals surface area contributed by atoms with Crippen LogP contribution in [0.3, 0.4) is 0 Å². The first kappa shape index (κ1) is 20.0. The van der Waals surface area contributed by atoms with Gasteiger partial charge in [-0.05, 0) is 38.5 Å². The van der Waals surface area contributed by atoms with Crippen molar-refractivity contribution in [3.8, 4) is 0 Å². The number of ether oxygens (including phenoxy) is 1. The van der Waals surface area contributed by atoms with E-state index in [1.54, 1.807) is 24.3 Å². The highest BCUT2D eigenvalue weighted by Gasteiger charge is 2.27. The number of aryl methyl sites for hydroxylation is 2. The normalized spacial score (nSPS) is 12.8. The van der Waals surface area contributed by atoms with Crippen molar-refractivity contribution >= 4 is 5.91 Å². The maximum Gasteiger partial charge on any atom is 0.411 e. The molecule has 8 heteroatoms. The number of carbonyl (C=O) groups excluding carboxylic acids is 1. The predicted molar refractivity (Wildman–Crippen MR) is 90.7 cm³/mol. The zero-order valence-electron chi connectivity index (χ0n) is 14.9. The highest BCUT2D eigenvalue weighted by atomic mass is 19.4. The largest absolute Gasteiger partial charge is 0.411 e. The Morgan fingerprint density at radius 3 is 2.50 bits per heavy atom. The quantitative estimate of drug-likeness (QED) is 0.808. The van der Waals surface area contributed by atoms with Crippen LogP contribution in [-0.2, 0) is 17.9 Å². The van der Waals surface area contributed by atoms with Crippen molar-refractivity contribution in [1.29, 1.82) is 0 Å². The number of hydrogen-bond donors (Lipinski definition) is 1. The van der Waals surface area contributed by atoms with E-state index in [-0.39, 0.29) is 18.6 Å². The fourth-order valence-corrected chi connectivity index (χ4v) is 2.52. The Labute approximate surface area is 150 Å². The third kappa shape index (κ3) is 5.59. The molecule has 1 aromatic carbocycles. The molecular formula is C18H22F3N3O2. The third-order valence-electron chi connectivity index (χ3n) is 3.87. The molecule has 1 atom stereocenters. The second kappa shape index (κ2) is 8.35. The Hall–Kier alpha value is -2.35. The highest BCUT2D eigenvalue weighted by Crippen LogP contribution is 2.18. The Morgan fingerprint density at radius 2 is 1.96 bits per heavy atom. The van der Waals surface area contributed by atoms with Crippen molar-refractivity contribution in [2.24, 2.45) is 0 Å². The zero-order chi connectivity index (χ0) is 19.3. The molecule has 0 aliphatic rings. The maximum atomic E-state index is 12.4. The molecule has 0 bridgehead atoms. The minimum Gasteiger partial charge on any atom is -0.367 e. The van der Waals surface area contributed by atoms with Crippen molar-refractivity contribution in [3.63, 3.8) is 0 Å². The van der Waals surface area contributed by atoms with E-state index in [9.17, 15) is 18.0 Å². The number of nitrogens with one attached hydrogen (secondary N) is 1. The second-order valence-corrected chi connectivity index (χ2v) is 6.03. The fraction of sp³-hybridized carbons (Fsp3) is 0.444. The standard InChI is InChI=1S/C18H22F3N3O2/c1-4-24-9-16(13(3)23-24)12(2)22-17(25)15-7-5-14(6-8-15)10-26-11-18(19,20)21/h5-9,12H,4,10-11H2,1-3H3,(H,22,25). The van der Waals surface area contributed by atoms with E-state index < -0.39 is 12.8 Å². The summed E-state index contributed by atoms with van der Waals surface area (Å²) in [6.07, 6.45) is -2.44. The molecule has 5 nitrogen and oxygen atoms in total. The Balaban J connectivity index is 1.93. The Morgan fingerprint density at radius 1 is 1.31 bits per heavy atom. The van der Waals surface area contributed by atoms with Gasteiger partial charge in [-0.3, -0.25) is 9.48 Å². The molecular weight excluding hydrogens is 347 g/mol. The van der Waals surface area contributed by atoms with Crippen LogP contribution in [0.25, 0.3) is 0 Å². The molecule has 0 spiro atoms. The summed E-state index contributed by atoms with van der Waals surface area (Å²) in [6.45, 7) is 5.05. The first-order valence-electron chi connectivity index (χ1n) is 8.28. The molecule has 0 aliphatic heterocycles. The van der Waals surface area contributed by atoms with Crippen molar-refractivity contribution in [1.82, 2.24) is 15.1 Å². The molecule has 0 saturated heterocycles. The van der Waals surface area contributed by atoms with Crippen LogP contribution in [0.2, 0.25) is 0 Å². The molecule has 1 aromatic heterocycles. The SMILES string of the molecule is CCn1cc(C(C)NC(=O)c2ccc(COCC(F)(F)F)cc2)c(C)n1. The average Bonchev–Trinajstić information content (AvgIpc) is 2.95. The summed E-state index contributed by atoms with van der Waals surface area (Å²) in [5.74, 6) is -0.260. The van der Waals surface area contributed by atoms with E-state index >= 15 is 0 Å². The third-order valence-corrected chi connectivity index (χ3v) is 3.87. The van der Waals surface area contributed by atoms with Crippen LogP contribution in [-0.4, -0.2) is 28.5 Å². The second-order valence-electron chi connectivity index (χ2n) is 6.03. The average molecular weight is 369 g/mol.